The van der Waals surface area contributed by atoms with E-state index < -0.39 is 47.2 Å². The Bertz CT molecular complexity index is 1030. The summed E-state index contributed by atoms with van der Waals surface area (Å²) >= 11 is 0.705. The maximum absolute atomic E-state index is 13.8. The topological polar surface area (TPSA) is 172 Å². The third-order valence-corrected chi connectivity index (χ3v) is 9.00. The quantitative estimate of drug-likeness (QED) is 0.0551. The molecule has 0 radical (unpaired) electrons. The van der Waals surface area contributed by atoms with Gasteiger partial charge in [0.25, 0.3) is 5.91 Å². The molecule has 0 spiro atoms. The monoisotopic (exact) mass is 762 g/mol. The first kappa shape index (κ1) is 53.9. The van der Waals surface area contributed by atoms with Gasteiger partial charge in [-0.05, 0) is 50.4 Å². The molecule has 52 heavy (non-hydrogen) atoms. The van der Waals surface area contributed by atoms with Gasteiger partial charge in [0.15, 0.2) is 0 Å². The van der Waals surface area contributed by atoms with E-state index in [1.54, 1.807) is 0 Å². The number of urea groups is 1. The third-order valence-electron chi connectivity index (χ3n) is 8.18. The standard InChI is InChI=1S/C28H53N7O6S.C4H8.3C2H6/c1-17(2)35(42-41)15-13-30-16-20(27(4,5)6)32-26(40)33-22(28(7,8)9)25(39)34-14-11-12-19(34)23(37)31-18(3)21(36)24(38)29-10;1-4-2-3-4;3*1-2/h17-20,22,30,41H,11-16H2,1-10H3,(H,29,38)(H,31,37)(H2,32,33,40);4H,2-3H2,1H3;3*1-2H3. The summed E-state index contributed by atoms with van der Waals surface area (Å²) in [5.41, 5.74) is -0.964. The average Bonchev–Trinajstić information content (AvgIpc) is 3.72. The van der Waals surface area contributed by atoms with Crippen LogP contribution in [-0.2, 0) is 19.2 Å². The van der Waals surface area contributed by atoms with Crippen LogP contribution in [0.5, 0.6) is 0 Å². The number of Topliss-reactive ketones (excluding diaryl/α,β-unsaturated/α-hetero) is 1. The SMILES string of the molecule is CC.CC.CC.CC1CC1.CNC(=O)C(=O)C(C)NC(=O)C1CCCN1C(=O)C(NC(=O)NC(CNCCN(SO)C(C)C)C(C)(C)C)C(C)(C)C. The minimum absolute atomic E-state index is 0.172. The van der Waals surface area contributed by atoms with Crippen LogP contribution < -0.4 is 26.6 Å². The number of hydrogen-bond acceptors (Lipinski definition) is 9. The molecule has 1 saturated heterocycles. The summed E-state index contributed by atoms with van der Waals surface area (Å²) in [6, 6.07) is -3.38. The minimum Gasteiger partial charge on any atom is -0.353 e. The molecule has 0 aromatic carbocycles. The molecular weight excluding hydrogens is 683 g/mol. The number of likely N-dealkylation sites (tertiary alicyclic amines) is 1. The molecule has 13 nitrogen and oxygen atoms in total. The first-order valence-electron chi connectivity index (χ1n) is 19.5. The third kappa shape index (κ3) is 21.3. The van der Waals surface area contributed by atoms with Gasteiger partial charge >= 0.3 is 6.03 Å². The molecular formula is C38H79N7O6S. The average molecular weight is 762 g/mol. The van der Waals surface area contributed by atoms with Gasteiger partial charge in [-0.1, -0.05) is 103 Å². The van der Waals surface area contributed by atoms with Crippen LogP contribution in [0.4, 0.5) is 4.79 Å². The first-order valence-corrected chi connectivity index (χ1v) is 20.2. The van der Waals surface area contributed by atoms with Gasteiger partial charge in [0.1, 0.15) is 12.1 Å². The summed E-state index contributed by atoms with van der Waals surface area (Å²) < 4.78 is 11.3. The Kier molecular flexibility index (Phi) is 29.1. The van der Waals surface area contributed by atoms with E-state index in [0.717, 1.165) is 5.92 Å². The number of rotatable bonds is 14. The fourth-order valence-electron chi connectivity index (χ4n) is 4.71. The Hall–Kier alpha value is -2.42. The summed E-state index contributed by atoms with van der Waals surface area (Å²) in [6.45, 7) is 33.3. The van der Waals surface area contributed by atoms with E-state index in [1.807, 2.05) is 101 Å². The lowest BCUT2D eigenvalue weighted by atomic mass is 9.85. The summed E-state index contributed by atoms with van der Waals surface area (Å²) in [7, 11) is 1.33. The van der Waals surface area contributed by atoms with Crippen molar-refractivity contribution in [2.24, 2.45) is 16.7 Å². The van der Waals surface area contributed by atoms with Gasteiger partial charge in [0.2, 0.25) is 17.6 Å². The number of likely N-dealkylation sites (N-methyl/N-ethyl adjacent to an activating group) is 1. The van der Waals surface area contributed by atoms with Crippen molar-refractivity contribution in [1.82, 2.24) is 35.8 Å². The molecule has 14 heteroatoms. The van der Waals surface area contributed by atoms with Crippen molar-refractivity contribution in [2.75, 3.05) is 33.2 Å². The Labute approximate surface area is 322 Å². The number of hydrogen-bond donors (Lipinski definition) is 6. The van der Waals surface area contributed by atoms with E-state index in [1.165, 1.54) is 31.7 Å². The van der Waals surface area contributed by atoms with Crippen molar-refractivity contribution in [3.05, 3.63) is 0 Å². The second kappa shape index (κ2) is 28.1. The first-order chi connectivity index (χ1) is 24.2. The van der Waals surface area contributed by atoms with Crippen molar-refractivity contribution in [3.8, 4) is 0 Å². The Morgan fingerprint density at radius 2 is 1.37 bits per heavy atom. The van der Waals surface area contributed by atoms with E-state index in [2.05, 4.69) is 33.5 Å². The number of carbonyl (C=O) groups is 5. The maximum Gasteiger partial charge on any atom is 0.315 e. The van der Waals surface area contributed by atoms with Gasteiger partial charge in [-0.3, -0.25) is 19.2 Å². The fourth-order valence-corrected chi connectivity index (χ4v) is 5.07. The smallest absolute Gasteiger partial charge is 0.315 e. The van der Waals surface area contributed by atoms with Crippen LogP contribution in [0.25, 0.3) is 0 Å². The van der Waals surface area contributed by atoms with Gasteiger partial charge in [0.05, 0.1) is 18.3 Å². The van der Waals surface area contributed by atoms with Crippen molar-refractivity contribution < 1.29 is 28.5 Å². The van der Waals surface area contributed by atoms with Crippen LogP contribution in [0.15, 0.2) is 0 Å². The van der Waals surface area contributed by atoms with E-state index in [0.29, 0.717) is 51.2 Å². The molecule has 6 N–H and O–H groups in total. The maximum atomic E-state index is 13.8. The summed E-state index contributed by atoms with van der Waals surface area (Å²) in [4.78, 5) is 65.3. The van der Waals surface area contributed by atoms with Gasteiger partial charge in [-0.25, -0.2) is 9.10 Å². The molecule has 2 fully saturated rings. The zero-order valence-corrected chi connectivity index (χ0v) is 36.7. The van der Waals surface area contributed by atoms with Crippen LogP contribution >= 0.6 is 12.2 Å². The largest absolute Gasteiger partial charge is 0.353 e. The molecule has 5 amide bonds. The molecule has 0 aromatic rings. The van der Waals surface area contributed by atoms with Gasteiger partial charge in [0, 0.05) is 45.3 Å². The number of carbonyl (C=O) groups excluding carboxylic acids is 5. The van der Waals surface area contributed by atoms with Crippen molar-refractivity contribution >= 4 is 41.8 Å². The minimum atomic E-state index is -1.05. The number of ketones is 1. The molecule has 308 valence electrons. The molecule has 1 aliphatic carbocycles. The summed E-state index contributed by atoms with van der Waals surface area (Å²) in [5, 5.41) is 14.0. The Morgan fingerprint density at radius 1 is 0.846 bits per heavy atom. The van der Waals surface area contributed by atoms with Crippen molar-refractivity contribution in [2.45, 2.75) is 167 Å². The molecule has 2 aliphatic rings. The summed E-state index contributed by atoms with van der Waals surface area (Å²) in [6.07, 6.45) is 3.97. The predicted octanol–water partition coefficient (Wildman–Crippen LogP) is 5.84. The lowest BCUT2D eigenvalue weighted by molar-refractivity contribution is -0.143. The van der Waals surface area contributed by atoms with E-state index >= 15 is 0 Å². The van der Waals surface area contributed by atoms with Crippen molar-refractivity contribution in [1.29, 1.82) is 0 Å². The van der Waals surface area contributed by atoms with Gasteiger partial charge in [-0.2, -0.15) is 0 Å². The zero-order chi connectivity index (χ0) is 41.4. The Morgan fingerprint density at radius 3 is 1.77 bits per heavy atom. The van der Waals surface area contributed by atoms with Crippen LogP contribution in [0.2, 0.25) is 0 Å². The van der Waals surface area contributed by atoms with E-state index in [9.17, 15) is 28.5 Å². The molecule has 4 unspecified atom stereocenters. The normalized spacial score (nSPS) is 16.8. The Balaban J connectivity index is -0.00000213. The molecule has 1 heterocycles. The lowest BCUT2D eigenvalue weighted by Crippen LogP contribution is -2.61. The van der Waals surface area contributed by atoms with Crippen LogP contribution in [0.1, 0.15) is 136 Å². The number of nitrogens with one attached hydrogen (secondary N) is 5. The predicted molar refractivity (Wildman–Crippen MR) is 217 cm³/mol. The molecule has 1 saturated carbocycles. The molecule has 0 aromatic heterocycles. The molecule has 1 aliphatic heterocycles. The van der Waals surface area contributed by atoms with Crippen LogP contribution in [0.3, 0.4) is 0 Å². The highest BCUT2D eigenvalue weighted by atomic mass is 32.2. The number of nitrogens with zero attached hydrogens (tertiary/aromatic N) is 2. The molecule has 4 atom stereocenters. The van der Waals surface area contributed by atoms with E-state index in [4.69, 9.17) is 0 Å². The highest BCUT2D eigenvalue weighted by Gasteiger charge is 2.43. The van der Waals surface area contributed by atoms with Crippen LogP contribution in [-0.4, -0.2) is 107 Å². The number of amides is 5. The van der Waals surface area contributed by atoms with Gasteiger partial charge < -0.3 is 36.0 Å². The fraction of sp³-hybridized carbons (Fsp3) is 0.868. The second-order valence-corrected chi connectivity index (χ2v) is 15.5. The van der Waals surface area contributed by atoms with Crippen molar-refractivity contribution in [3.63, 3.8) is 0 Å². The van der Waals surface area contributed by atoms with E-state index in [-0.39, 0.29) is 23.4 Å². The lowest BCUT2D eigenvalue weighted by Gasteiger charge is -2.37. The van der Waals surface area contributed by atoms with Crippen LogP contribution in [0, 0.1) is 16.7 Å². The molecule has 2 rings (SSSR count). The summed E-state index contributed by atoms with van der Waals surface area (Å²) in [5.74, 6) is -1.41. The zero-order valence-electron chi connectivity index (χ0n) is 35.9. The molecule has 0 bridgehead atoms. The highest BCUT2D eigenvalue weighted by Crippen LogP contribution is 2.27. The second-order valence-electron chi connectivity index (χ2n) is 14.9. The van der Waals surface area contributed by atoms with Gasteiger partial charge in [-0.15, -0.1) is 0 Å². The highest BCUT2D eigenvalue weighted by molar-refractivity contribution is 7.91.